The Hall–Kier alpha value is -3.52. The molecule has 1 atom stereocenters. The van der Waals surface area contributed by atoms with Crippen LogP contribution in [0.1, 0.15) is 12.5 Å². The van der Waals surface area contributed by atoms with Gasteiger partial charge in [0.25, 0.3) is 5.69 Å². The van der Waals surface area contributed by atoms with Crippen LogP contribution in [0.3, 0.4) is 0 Å². The van der Waals surface area contributed by atoms with Crippen LogP contribution in [0.4, 0.5) is 11.4 Å². The molecule has 160 valence electrons. The maximum atomic E-state index is 12.6. The van der Waals surface area contributed by atoms with Crippen molar-refractivity contribution in [2.45, 2.75) is 19.5 Å². The SMILES string of the molecule is C[C@@H](C(=O)NCc1ccccc1)N1CCN(c2ccc([N+](=O)[O-])c3cnccc23)CC1. The number of anilines is 1. The molecule has 8 nitrogen and oxygen atoms in total. The highest BCUT2D eigenvalue weighted by molar-refractivity contribution is 5.99. The van der Waals surface area contributed by atoms with Crippen molar-refractivity contribution in [1.82, 2.24) is 15.2 Å². The van der Waals surface area contributed by atoms with Crippen LogP contribution in [0.2, 0.25) is 0 Å². The summed E-state index contributed by atoms with van der Waals surface area (Å²) < 4.78 is 0. The number of aromatic nitrogens is 1. The molecule has 0 radical (unpaired) electrons. The molecule has 0 saturated carbocycles. The highest BCUT2D eigenvalue weighted by Crippen LogP contribution is 2.33. The lowest BCUT2D eigenvalue weighted by molar-refractivity contribution is -0.383. The van der Waals surface area contributed by atoms with Gasteiger partial charge in [-0.1, -0.05) is 30.3 Å². The molecule has 1 aromatic heterocycles. The molecular weight excluding hydrogens is 394 g/mol. The molecule has 1 aliphatic rings. The lowest BCUT2D eigenvalue weighted by atomic mass is 10.1. The summed E-state index contributed by atoms with van der Waals surface area (Å²) in [7, 11) is 0. The first-order valence-electron chi connectivity index (χ1n) is 10.4. The fourth-order valence-electron chi connectivity index (χ4n) is 4.04. The van der Waals surface area contributed by atoms with Gasteiger partial charge in [-0.2, -0.15) is 0 Å². The van der Waals surface area contributed by atoms with Crippen LogP contribution in [0, 0.1) is 10.1 Å². The van der Waals surface area contributed by atoms with Gasteiger partial charge in [0.15, 0.2) is 0 Å². The van der Waals surface area contributed by atoms with Crippen molar-refractivity contribution in [3.8, 4) is 0 Å². The molecular formula is C23H25N5O3. The molecule has 0 aliphatic carbocycles. The molecule has 3 aromatic rings. The molecule has 1 N–H and O–H groups in total. The van der Waals surface area contributed by atoms with E-state index < -0.39 is 0 Å². The van der Waals surface area contributed by atoms with E-state index in [1.807, 2.05) is 49.4 Å². The summed E-state index contributed by atoms with van der Waals surface area (Å²) >= 11 is 0. The Balaban J connectivity index is 1.40. The minimum atomic E-state index is -0.374. The van der Waals surface area contributed by atoms with E-state index in [0.29, 0.717) is 11.9 Å². The van der Waals surface area contributed by atoms with Crippen LogP contribution in [0.15, 0.2) is 60.9 Å². The van der Waals surface area contributed by atoms with Crippen LogP contribution in [-0.4, -0.2) is 52.9 Å². The van der Waals surface area contributed by atoms with Gasteiger partial charge in [-0.25, -0.2) is 0 Å². The van der Waals surface area contributed by atoms with Gasteiger partial charge in [-0.05, 0) is 24.6 Å². The number of rotatable bonds is 6. The van der Waals surface area contributed by atoms with Crippen molar-refractivity contribution in [2.24, 2.45) is 0 Å². The van der Waals surface area contributed by atoms with Gasteiger partial charge < -0.3 is 10.2 Å². The third-order valence-electron chi connectivity index (χ3n) is 5.86. The number of carbonyl (C=O) groups is 1. The second-order valence-electron chi connectivity index (χ2n) is 7.68. The predicted molar refractivity (Wildman–Crippen MR) is 120 cm³/mol. The Morgan fingerprint density at radius 2 is 1.84 bits per heavy atom. The van der Waals surface area contributed by atoms with E-state index in [1.54, 1.807) is 18.5 Å². The van der Waals surface area contributed by atoms with Gasteiger partial charge in [0.05, 0.1) is 16.4 Å². The van der Waals surface area contributed by atoms with Gasteiger partial charge in [0.2, 0.25) is 5.91 Å². The van der Waals surface area contributed by atoms with Crippen LogP contribution in [-0.2, 0) is 11.3 Å². The van der Waals surface area contributed by atoms with Crippen molar-refractivity contribution in [1.29, 1.82) is 0 Å². The molecule has 1 aliphatic heterocycles. The minimum Gasteiger partial charge on any atom is -0.368 e. The van der Waals surface area contributed by atoms with Crippen molar-refractivity contribution >= 4 is 28.1 Å². The number of pyridine rings is 1. The van der Waals surface area contributed by atoms with Gasteiger partial charge in [0, 0.05) is 62.3 Å². The third-order valence-corrected chi connectivity index (χ3v) is 5.86. The number of nitro groups is 1. The fourth-order valence-corrected chi connectivity index (χ4v) is 4.04. The molecule has 1 amide bonds. The first-order chi connectivity index (χ1) is 15.0. The van der Waals surface area contributed by atoms with E-state index >= 15 is 0 Å². The molecule has 1 fully saturated rings. The lowest BCUT2D eigenvalue weighted by Crippen LogP contribution is -2.53. The lowest BCUT2D eigenvalue weighted by Gasteiger charge is -2.38. The van der Waals surface area contributed by atoms with Gasteiger partial charge >= 0.3 is 0 Å². The zero-order valence-corrected chi connectivity index (χ0v) is 17.4. The maximum absolute atomic E-state index is 12.6. The summed E-state index contributed by atoms with van der Waals surface area (Å²) in [5, 5.41) is 15.7. The number of carbonyl (C=O) groups excluding carboxylic acids is 1. The highest BCUT2D eigenvalue weighted by atomic mass is 16.6. The average molecular weight is 419 g/mol. The van der Waals surface area contributed by atoms with E-state index in [0.717, 1.165) is 42.8 Å². The summed E-state index contributed by atoms with van der Waals surface area (Å²) in [5.41, 5.74) is 2.10. The zero-order valence-electron chi connectivity index (χ0n) is 17.4. The summed E-state index contributed by atoms with van der Waals surface area (Å²) in [6.07, 6.45) is 3.21. The smallest absolute Gasteiger partial charge is 0.278 e. The second kappa shape index (κ2) is 9.09. The summed E-state index contributed by atoms with van der Waals surface area (Å²) in [6.45, 7) is 5.42. The quantitative estimate of drug-likeness (QED) is 0.488. The minimum absolute atomic E-state index is 0.0177. The van der Waals surface area contributed by atoms with Crippen LogP contribution in [0.5, 0.6) is 0 Å². The largest absolute Gasteiger partial charge is 0.368 e. The Labute approximate surface area is 180 Å². The Morgan fingerprint density at radius 1 is 1.10 bits per heavy atom. The zero-order chi connectivity index (χ0) is 21.8. The number of hydrogen-bond donors (Lipinski definition) is 1. The van der Waals surface area contributed by atoms with Crippen molar-refractivity contribution < 1.29 is 9.72 Å². The number of nitrogens with one attached hydrogen (secondary N) is 1. The van der Waals surface area contributed by atoms with Crippen molar-refractivity contribution in [3.05, 3.63) is 76.6 Å². The van der Waals surface area contributed by atoms with E-state index in [2.05, 4.69) is 20.1 Å². The highest BCUT2D eigenvalue weighted by Gasteiger charge is 2.27. The number of amides is 1. The van der Waals surface area contributed by atoms with E-state index in [1.165, 1.54) is 0 Å². The monoisotopic (exact) mass is 419 g/mol. The normalized spacial score (nSPS) is 15.6. The molecule has 0 bridgehead atoms. The van der Waals surface area contributed by atoms with Crippen LogP contribution in [0.25, 0.3) is 10.8 Å². The number of nitro benzene ring substituents is 1. The number of benzene rings is 2. The van der Waals surface area contributed by atoms with E-state index in [4.69, 9.17) is 0 Å². The average Bonchev–Trinajstić information content (AvgIpc) is 2.82. The van der Waals surface area contributed by atoms with Crippen LogP contribution < -0.4 is 10.2 Å². The molecule has 8 heteroatoms. The standard InChI is InChI=1S/C23H25N5O3/c1-17(23(29)25-15-18-5-3-2-4-6-18)26-11-13-27(14-12-26)21-7-8-22(28(30)31)20-16-24-10-9-19(20)21/h2-10,16-17H,11-15H2,1H3,(H,25,29)/t17-/m0/s1. The number of nitrogens with zero attached hydrogens (tertiary/aromatic N) is 4. The van der Waals surface area contributed by atoms with Crippen molar-refractivity contribution in [2.75, 3.05) is 31.1 Å². The first kappa shape index (κ1) is 20.7. The topological polar surface area (TPSA) is 91.6 Å². The molecule has 2 heterocycles. The summed E-state index contributed by atoms with van der Waals surface area (Å²) in [5.74, 6) is 0.0177. The molecule has 31 heavy (non-hydrogen) atoms. The van der Waals surface area contributed by atoms with E-state index in [-0.39, 0.29) is 22.6 Å². The summed E-state index contributed by atoms with van der Waals surface area (Å²) in [4.78, 5) is 32.0. The van der Waals surface area contributed by atoms with Gasteiger partial charge in [0.1, 0.15) is 0 Å². The summed E-state index contributed by atoms with van der Waals surface area (Å²) in [6, 6.07) is 14.8. The van der Waals surface area contributed by atoms with Gasteiger partial charge in [-0.15, -0.1) is 0 Å². The third kappa shape index (κ3) is 4.49. The molecule has 2 aromatic carbocycles. The predicted octanol–water partition coefficient (Wildman–Crippen LogP) is 2.97. The number of piperazine rings is 1. The number of non-ortho nitro benzene ring substituents is 1. The number of fused-ring (bicyclic) bond motifs is 1. The maximum Gasteiger partial charge on any atom is 0.278 e. The first-order valence-corrected chi connectivity index (χ1v) is 10.4. The second-order valence-corrected chi connectivity index (χ2v) is 7.68. The fraction of sp³-hybridized carbons (Fsp3) is 0.304. The van der Waals surface area contributed by atoms with Crippen LogP contribution >= 0.6 is 0 Å². The van der Waals surface area contributed by atoms with Gasteiger partial charge in [-0.3, -0.25) is 24.8 Å². The Bertz CT molecular complexity index is 1080. The molecule has 0 spiro atoms. The Morgan fingerprint density at radius 3 is 2.55 bits per heavy atom. The van der Waals surface area contributed by atoms with Crippen molar-refractivity contribution in [3.63, 3.8) is 0 Å². The number of hydrogen-bond acceptors (Lipinski definition) is 6. The molecule has 4 rings (SSSR count). The Kier molecular flexibility index (Phi) is 6.08. The molecule has 0 unspecified atom stereocenters. The van der Waals surface area contributed by atoms with E-state index in [9.17, 15) is 14.9 Å². The molecule has 1 saturated heterocycles.